The Morgan fingerprint density at radius 3 is 2.50 bits per heavy atom. The Labute approximate surface area is 72.4 Å². The molecule has 0 radical (unpaired) electrons. The van der Waals surface area contributed by atoms with E-state index in [0.717, 1.165) is 19.1 Å². The molecule has 0 spiro atoms. The monoisotopic (exact) mass is 170 g/mol. The molecule has 0 aliphatic heterocycles. The van der Waals surface area contributed by atoms with Crippen LogP contribution in [0, 0.1) is 0 Å². The van der Waals surface area contributed by atoms with Crippen LogP contribution in [0.3, 0.4) is 0 Å². The van der Waals surface area contributed by atoms with E-state index in [0.29, 0.717) is 18.4 Å². The predicted molar refractivity (Wildman–Crippen MR) is 45.7 cm³/mol. The molecular weight excluding hydrogens is 156 g/mol. The lowest BCUT2D eigenvalue weighted by molar-refractivity contribution is -0.140. The Morgan fingerprint density at radius 2 is 2.00 bits per heavy atom. The SMILES string of the molecule is C=C(C=O)CCCCC(=O)OC. The number of esters is 1. The first-order valence-electron chi connectivity index (χ1n) is 3.90. The molecule has 0 N–H and O–H groups in total. The van der Waals surface area contributed by atoms with Gasteiger partial charge in [0.1, 0.15) is 6.29 Å². The number of allylic oxidation sites excluding steroid dienone is 1. The normalized spacial score (nSPS) is 9.08. The zero-order valence-corrected chi connectivity index (χ0v) is 7.34. The number of aldehydes is 1. The largest absolute Gasteiger partial charge is 0.469 e. The topological polar surface area (TPSA) is 43.4 Å². The molecule has 0 bridgehead atoms. The average molecular weight is 170 g/mol. The van der Waals surface area contributed by atoms with Crippen molar-refractivity contribution in [1.82, 2.24) is 0 Å². The molecule has 0 aromatic heterocycles. The highest BCUT2D eigenvalue weighted by atomic mass is 16.5. The van der Waals surface area contributed by atoms with Crippen molar-refractivity contribution in [1.29, 1.82) is 0 Å². The van der Waals surface area contributed by atoms with Crippen molar-refractivity contribution in [3.05, 3.63) is 12.2 Å². The Balaban J connectivity index is 3.27. The molecule has 0 aliphatic rings. The van der Waals surface area contributed by atoms with Crippen molar-refractivity contribution in [2.45, 2.75) is 25.7 Å². The van der Waals surface area contributed by atoms with Gasteiger partial charge in [-0.05, 0) is 24.8 Å². The second-order valence-corrected chi connectivity index (χ2v) is 2.56. The van der Waals surface area contributed by atoms with Gasteiger partial charge in [0.05, 0.1) is 7.11 Å². The molecule has 0 saturated carbocycles. The van der Waals surface area contributed by atoms with Gasteiger partial charge >= 0.3 is 5.97 Å². The number of hydrogen-bond acceptors (Lipinski definition) is 3. The third kappa shape index (κ3) is 5.65. The molecule has 0 aromatic carbocycles. The molecule has 68 valence electrons. The molecule has 12 heavy (non-hydrogen) atoms. The van der Waals surface area contributed by atoms with Crippen molar-refractivity contribution in [2.24, 2.45) is 0 Å². The number of ether oxygens (including phenoxy) is 1. The van der Waals surface area contributed by atoms with Crippen LogP contribution in [0.5, 0.6) is 0 Å². The second kappa shape index (κ2) is 6.58. The van der Waals surface area contributed by atoms with Crippen LogP contribution in [0.25, 0.3) is 0 Å². The van der Waals surface area contributed by atoms with Crippen molar-refractivity contribution < 1.29 is 14.3 Å². The summed E-state index contributed by atoms with van der Waals surface area (Å²) in [5.74, 6) is -0.202. The van der Waals surface area contributed by atoms with E-state index in [1.807, 2.05) is 0 Å². The van der Waals surface area contributed by atoms with E-state index in [-0.39, 0.29) is 5.97 Å². The van der Waals surface area contributed by atoms with Crippen LogP contribution >= 0.6 is 0 Å². The van der Waals surface area contributed by atoms with Gasteiger partial charge in [0.2, 0.25) is 0 Å². The summed E-state index contributed by atoms with van der Waals surface area (Å²) in [6.07, 6.45) is 3.40. The maximum Gasteiger partial charge on any atom is 0.305 e. The van der Waals surface area contributed by atoms with Gasteiger partial charge in [-0.1, -0.05) is 6.58 Å². The summed E-state index contributed by atoms with van der Waals surface area (Å²) in [7, 11) is 1.37. The van der Waals surface area contributed by atoms with E-state index >= 15 is 0 Å². The number of rotatable bonds is 6. The zero-order valence-electron chi connectivity index (χ0n) is 7.34. The first-order valence-corrected chi connectivity index (χ1v) is 3.90. The summed E-state index contributed by atoms with van der Waals surface area (Å²) in [4.78, 5) is 20.7. The van der Waals surface area contributed by atoms with Crippen LogP contribution in [0.2, 0.25) is 0 Å². The lowest BCUT2D eigenvalue weighted by atomic mass is 10.1. The van der Waals surface area contributed by atoms with Gasteiger partial charge in [-0.2, -0.15) is 0 Å². The molecule has 0 aliphatic carbocycles. The highest BCUT2D eigenvalue weighted by molar-refractivity contribution is 5.72. The third-order valence-corrected chi connectivity index (χ3v) is 1.52. The lowest BCUT2D eigenvalue weighted by Gasteiger charge is -1.98. The molecule has 0 heterocycles. The fraction of sp³-hybridized carbons (Fsp3) is 0.556. The van der Waals surface area contributed by atoms with Crippen LogP contribution in [0.4, 0.5) is 0 Å². The van der Waals surface area contributed by atoms with Crippen molar-refractivity contribution >= 4 is 12.3 Å². The maximum atomic E-state index is 10.6. The van der Waals surface area contributed by atoms with Gasteiger partial charge in [-0.15, -0.1) is 0 Å². The third-order valence-electron chi connectivity index (χ3n) is 1.52. The van der Waals surface area contributed by atoms with Gasteiger partial charge in [-0.3, -0.25) is 9.59 Å². The average Bonchev–Trinajstić information content (AvgIpc) is 2.11. The molecular formula is C9H14O3. The summed E-state index contributed by atoms with van der Waals surface area (Å²) in [6.45, 7) is 3.53. The van der Waals surface area contributed by atoms with Gasteiger partial charge in [0.15, 0.2) is 0 Å². The molecule has 3 nitrogen and oxygen atoms in total. The highest BCUT2D eigenvalue weighted by Crippen LogP contribution is 2.05. The quantitative estimate of drug-likeness (QED) is 0.262. The van der Waals surface area contributed by atoms with Gasteiger partial charge in [0.25, 0.3) is 0 Å². The number of methoxy groups -OCH3 is 1. The Hall–Kier alpha value is -1.12. The summed E-state index contributed by atoms with van der Waals surface area (Å²) in [6, 6.07) is 0. The molecule has 0 aromatic rings. The summed E-state index contributed by atoms with van der Waals surface area (Å²) < 4.78 is 4.45. The molecule has 0 unspecified atom stereocenters. The fourth-order valence-electron chi connectivity index (χ4n) is 0.782. The predicted octanol–water partition coefficient (Wildman–Crippen LogP) is 1.47. The fourth-order valence-corrected chi connectivity index (χ4v) is 0.782. The minimum absolute atomic E-state index is 0.202. The van der Waals surface area contributed by atoms with Crippen LogP contribution in [-0.4, -0.2) is 19.4 Å². The smallest absolute Gasteiger partial charge is 0.305 e. The molecule has 3 heteroatoms. The molecule has 0 rings (SSSR count). The number of carbonyl (C=O) groups excluding carboxylic acids is 2. The van der Waals surface area contributed by atoms with E-state index in [2.05, 4.69) is 11.3 Å². The lowest BCUT2D eigenvalue weighted by Crippen LogP contribution is -1.99. The van der Waals surface area contributed by atoms with Crippen LogP contribution in [0.15, 0.2) is 12.2 Å². The standard InChI is InChI=1S/C9H14O3/c1-8(7-10)5-3-4-6-9(11)12-2/h7H,1,3-6H2,2H3. The number of hydrogen-bond donors (Lipinski definition) is 0. The van der Waals surface area contributed by atoms with Crippen LogP contribution < -0.4 is 0 Å². The minimum Gasteiger partial charge on any atom is -0.469 e. The van der Waals surface area contributed by atoms with E-state index in [1.54, 1.807) is 0 Å². The van der Waals surface area contributed by atoms with E-state index in [9.17, 15) is 9.59 Å². The molecule has 0 atom stereocenters. The second-order valence-electron chi connectivity index (χ2n) is 2.56. The van der Waals surface area contributed by atoms with E-state index in [4.69, 9.17) is 0 Å². The highest BCUT2D eigenvalue weighted by Gasteiger charge is 1.99. The summed E-state index contributed by atoms with van der Waals surface area (Å²) >= 11 is 0. The van der Waals surface area contributed by atoms with Crippen LogP contribution in [0.1, 0.15) is 25.7 Å². The number of carbonyl (C=O) groups is 2. The molecule has 0 fully saturated rings. The van der Waals surface area contributed by atoms with Gasteiger partial charge in [0, 0.05) is 6.42 Å². The summed E-state index contributed by atoms with van der Waals surface area (Å²) in [5.41, 5.74) is 0.583. The maximum absolute atomic E-state index is 10.6. The zero-order chi connectivity index (χ0) is 9.40. The van der Waals surface area contributed by atoms with Gasteiger partial charge in [-0.25, -0.2) is 0 Å². The molecule has 0 saturated heterocycles. The first-order chi connectivity index (χ1) is 5.70. The molecule has 0 amide bonds. The number of unbranched alkanes of at least 4 members (excludes halogenated alkanes) is 1. The Bertz CT molecular complexity index is 173. The van der Waals surface area contributed by atoms with Crippen molar-refractivity contribution in [3.8, 4) is 0 Å². The van der Waals surface area contributed by atoms with Gasteiger partial charge < -0.3 is 4.74 Å². The first kappa shape index (κ1) is 10.9. The van der Waals surface area contributed by atoms with E-state index < -0.39 is 0 Å². The Kier molecular flexibility index (Phi) is 5.97. The Morgan fingerprint density at radius 1 is 1.42 bits per heavy atom. The summed E-state index contributed by atoms with van der Waals surface area (Å²) in [5, 5.41) is 0. The minimum atomic E-state index is -0.202. The van der Waals surface area contributed by atoms with Crippen LogP contribution in [-0.2, 0) is 14.3 Å². The van der Waals surface area contributed by atoms with Crippen molar-refractivity contribution in [3.63, 3.8) is 0 Å². The van der Waals surface area contributed by atoms with E-state index in [1.165, 1.54) is 7.11 Å². The van der Waals surface area contributed by atoms with Crippen molar-refractivity contribution in [2.75, 3.05) is 7.11 Å².